The van der Waals surface area contributed by atoms with Crippen LogP contribution in [-0.2, 0) is 4.74 Å². The highest BCUT2D eigenvalue weighted by Gasteiger charge is 2.24. The number of rotatable bonds is 7. The number of benzene rings is 1. The van der Waals surface area contributed by atoms with E-state index in [1.807, 2.05) is 26.0 Å². The third kappa shape index (κ3) is 5.07. The lowest BCUT2D eigenvalue weighted by atomic mass is 10.1. The SMILES string of the molecule is CCOc1ccc(C(=O)OC2CCN(c3ccc(Cl)cn3)CC2)cc1OCC. The number of carbonyl (C=O) groups excluding carboxylic acids is 1. The lowest BCUT2D eigenvalue weighted by Crippen LogP contribution is -2.38. The summed E-state index contributed by atoms with van der Waals surface area (Å²) >= 11 is 5.89. The monoisotopic (exact) mass is 404 g/mol. The van der Waals surface area contributed by atoms with Gasteiger partial charge in [0.1, 0.15) is 11.9 Å². The molecule has 6 nitrogen and oxygen atoms in total. The second-order valence-electron chi connectivity index (χ2n) is 6.45. The third-order valence-corrected chi connectivity index (χ3v) is 4.75. The largest absolute Gasteiger partial charge is 0.490 e. The van der Waals surface area contributed by atoms with Crippen LogP contribution < -0.4 is 14.4 Å². The van der Waals surface area contributed by atoms with Crippen LogP contribution in [0.15, 0.2) is 36.5 Å². The van der Waals surface area contributed by atoms with Crippen LogP contribution in [0.25, 0.3) is 0 Å². The summed E-state index contributed by atoms with van der Waals surface area (Å²) in [5, 5.41) is 0.620. The number of hydrogen-bond acceptors (Lipinski definition) is 6. The summed E-state index contributed by atoms with van der Waals surface area (Å²) in [7, 11) is 0. The van der Waals surface area contributed by atoms with Gasteiger partial charge in [-0.3, -0.25) is 0 Å². The zero-order chi connectivity index (χ0) is 19.9. The second-order valence-corrected chi connectivity index (χ2v) is 6.89. The molecule has 150 valence electrons. The molecule has 0 bridgehead atoms. The van der Waals surface area contributed by atoms with Crippen LogP contribution in [0, 0.1) is 0 Å². The highest BCUT2D eigenvalue weighted by Crippen LogP contribution is 2.29. The predicted octanol–water partition coefficient (Wildman–Crippen LogP) is 4.36. The molecule has 0 N–H and O–H groups in total. The number of hydrogen-bond donors (Lipinski definition) is 0. The summed E-state index contributed by atoms with van der Waals surface area (Å²) in [6.07, 6.45) is 3.04. The van der Waals surface area contributed by atoms with Crippen LogP contribution in [0.4, 0.5) is 5.82 Å². The van der Waals surface area contributed by atoms with Crippen molar-refractivity contribution in [1.82, 2.24) is 4.98 Å². The van der Waals surface area contributed by atoms with Gasteiger partial charge in [0.2, 0.25) is 0 Å². The first-order chi connectivity index (χ1) is 13.6. The summed E-state index contributed by atoms with van der Waals surface area (Å²) in [5.74, 6) is 1.74. The number of aromatic nitrogens is 1. The Morgan fingerprint density at radius 3 is 2.46 bits per heavy atom. The van der Waals surface area contributed by atoms with Gasteiger partial charge < -0.3 is 19.1 Å². The van der Waals surface area contributed by atoms with Crippen molar-refractivity contribution in [3.05, 3.63) is 47.1 Å². The number of piperidine rings is 1. The van der Waals surface area contributed by atoms with E-state index in [-0.39, 0.29) is 12.1 Å². The average molecular weight is 405 g/mol. The van der Waals surface area contributed by atoms with E-state index >= 15 is 0 Å². The van der Waals surface area contributed by atoms with Gasteiger partial charge in [-0.1, -0.05) is 11.6 Å². The maximum absolute atomic E-state index is 12.6. The van der Waals surface area contributed by atoms with Gasteiger partial charge in [-0.25, -0.2) is 9.78 Å². The summed E-state index contributed by atoms with van der Waals surface area (Å²) in [5.41, 5.74) is 0.466. The molecule has 2 aromatic rings. The van der Waals surface area contributed by atoms with Gasteiger partial charge in [0.25, 0.3) is 0 Å². The summed E-state index contributed by atoms with van der Waals surface area (Å²) in [4.78, 5) is 19.1. The number of esters is 1. The van der Waals surface area contributed by atoms with Crippen molar-refractivity contribution in [2.75, 3.05) is 31.2 Å². The maximum atomic E-state index is 12.6. The molecule has 0 radical (unpaired) electrons. The van der Waals surface area contributed by atoms with Gasteiger partial charge in [0, 0.05) is 32.1 Å². The molecule has 28 heavy (non-hydrogen) atoms. The molecule has 1 aliphatic rings. The standard InChI is InChI=1S/C21H25ClN2O4/c1-3-26-18-7-5-15(13-19(18)27-4-2)21(25)28-17-9-11-24(12-10-17)20-8-6-16(22)14-23-20/h5-8,13-14,17H,3-4,9-12H2,1-2H3. The zero-order valence-corrected chi connectivity index (χ0v) is 16.9. The third-order valence-electron chi connectivity index (χ3n) is 4.53. The number of ether oxygens (including phenoxy) is 3. The number of anilines is 1. The zero-order valence-electron chi connectivity index (χ0n) is 16.2. The number of halogens is 1. The van der Waals surface area contributed by atoms with Crippen LogP contribution >= 0.6 is 11.6 Å². The van der Waals surface area contributed by atoms with E-state index in [4.69, 9.17) is 25.8 Å². The number of pyridine rings is 1. The van der Waals surface area contributed by atoms with E-state index < -0.39 is 0 Å². The van der Waals surface area contributed by atoms with Gasteiger partial charge >= 0.3 is 5.97 Å². The molecule has 7 heteroatoms. The van der Waals surface area contributed by atoms with Crippen LogP contribution in [0.5, 0.6) is 11.5 Å². The molecule has 1 aromatic carbocycles. The molecule has 0 unspecified atom stereocenters. The fourth-order valence-electron chi connectivity index (χ4n) is 3.16. The smallest absolute Gasteiger partial charge is 0.338 e. The molecular formula is C21H25ClN2O4. The van der Waals surface area contributed by atoms with Crippen LogP contribution in [-0.4, -0.2) is 43.4 Å². The number of nitrogens with zero attached hydrogens (tertiary/aromatic N) is 2. The Bertz CT molecular complexity index is 789. The van der Waals surface area contributed by atoms with Gasteiger partial charge in [-0.2, -0.15) is 0 Å². The maximum Gasteiger partial charge on any atom is 0.338 e. The summed E-state index contributed by atoms with van der Waals surface area (Å²) in [6, 6.07) is 8.88. The molecule has 0 spiro atoms. The Morgan fingerprint density at radius 2 is 1.82 bits per heavy atom. The minimum absolute atomic E-state index is 0.113. The van der Waals surface area contributed by atoms with Gasteiger partial charge in [0.05, 0.1) is 23.8 Å². The highest BCUT2D eigenvalue weighted by atomic mass is 35.5. The summed E-state index contributed by atoms with van der Waals surface area (Å²) in [6.45, 7) is 6.38. The minimum atomic E-state index is -0.341. The first-order valence-electron chi connectivity index (χ1n) is 9.57. The highest BCUT2D eigenvalue weighted by molar-refractivity contribution is 6.30. The Labute approximate surface area is 170 Å². The van der Waals surface area contributed by atoms with Gasteiger partial charge in [-0.15, -0.1) is 0 Å². The summed E-state index contributed by atoms with van der Waals surface area (Å²) < 4.78 is 16.8. The lowest BCUT2D eigenvalue weighted by molar-refractivity contribution is 0.0244. The second kappa shape index (κ2) is 9.64. The molecule has 0 amide bonds. The molecule has 0 saturated carbocycles. The van der Waals surface area contributed by atoms with Crippen molar-refractivity contribution >= 4 is 23.4 Å². The number of carbonyl (C=O) groups is 1. The molecule has 1 aromatic heterocycles. The fourth-order valence-corrected chi connectivity index (χ4v) is 3.27. The van der Waals surface area contributed by atoms with Crippen molar-refractivity contribution in [2.24, 2.45) is 0 Å². The molecule has 3 rings (SSSR count). The molecule has 0 aliphatic carbocycles. The average Bonchev–Trinajstić information content (AvgIpc) is 2.71. The predicted molar refractivity (Wildman–Crippen MR) is 109 cm³/mol. The molecule has 2 heterocycles. The molecule has 1 fully saturated rings. The van der Waals surface area contributed by atoms with E-state index in [0.29, 0.717) is 35.3 Å². The quantitative estimate of drug-likeness (QED) is 0.639. The van der Waals surface area contributed by atoms with Crippen molar-refractivity contribution in [3.8, 4) is 11.5 Å². The fraction of sp³-hybridized carbons (Fsp3) is 0.429. The van der Waals surface area contributed by atoms with Crippen molar-refractivity contribution in [2.45, 2.75) is 32.8 Å². The van der Waals surface area contributed by atoms with Crippen molar-refractivity contribution < 1.29 is 19.0 Å². The van der Waals surface area contributed by atoms with E-state index in [0.717, 1.165) is 31.7 Å². The lowest BCUT2D eigenvalue weighted by Gasteiger charge is -2.32. The van der Waals surface area contributed by atoms with Crippen molar-refractivity contribution in [3.63, 3.8) is 0 Å². The molecule has 0 atom stereocenters. The Balaban J connectivity index is 1.58. The Hall–Kier alpha value is -2.47. The molecular weight excluding hydrogens is 380 g/mol. The van der Waals surface area contributed by atoms with Crippen molar-refractivity contribution in [1.29, 1.82) is 0 Å². The van der Waals surface area contributed by atoms with E-state index in [9.17, 15) is 4.79 Å². The first-order valence-corrected chi connectivity index (χ1v) is 9.95. The Kier molecular flexibility index (Phi) is 6.98. The first kappa shape index (κ1) is 20.3. The van der Waals surface area contributed by atoms with E-state index in [2.05, 4.69) is 9.88 Å². The van der Waals surface area contributed by atoms with Gasteiger partial charge in [-0.05, 0) is 44.2 Å². The van der Waals surface area contributed by atoms with E-state index in [1.54, 1.807) is 24.4 Å². The molecule has 1 aliphatic heterocycles. The van der Waals surface area contributed by atoms with Crippen LogP contribution in [0.3, 0.4) is 0 Å². The minimum Gasteiger partial charge on any atom is -0.490 e. The van der Waals surface area contributed by atoms with E-state index in [1.165, 1.54) is 0 Å². The van der Waals surface area contributed by atoms with Crippen LogP contribution in [0.2, 0.25) is 5.02 Å². The topological polar surface area (TPSA) is 60.9 Å². The van der Waals surface area contributed by atoms with Gasteiger partial charge in [0.15, 0.2) is 11.5 Å². The normalized spacial score (nSPS) is 14.6. The molecule has 1 saturated heterocycles. The Morgan fingerprint density at radius 1 is 1.11 bits per heavy atom. The van der Waals surface area contributed by atoms with Crippen LogP contribution in [0.1, 0.15) is 37.0 Å².